The van der Waals surface area contributed by atoms with Crippen LogP contribution in [-0.2, 0) is 14.3 Å². The maximum atomic E-state index is 12.5. The molecule has 2 saturated heterocycles. The van der Waals surface area contributed by atoms with Gasteiger partial charge in [0.25, 0.3) is 5.91 Å². The summed E-state index contributed by atoms with van der Waals surface area (Å²) in [4.78, 5) is 19.6. The lowest BCUT2D eigenvalue weighted by molar-refractivity contribution is -0.169. The Morgan fingerprint density at radius 3 is 2.64 bits per heavy atom. The third-order valence-corrected chi connectivity index (χ3v) is 6.35. The van der Waals surface area contributed by atoms with Gasteiger partial charge in [0.05, 0.1) is 13.2 Å². The van der Waals surface area contributed by atoms with E-state index in [2.05, 4.69) is 10.2 Å². The van der Waals surface area contributed by atoms with Gasteiger partial charge in [0.15, 0.2) is 12.4 Å². The van der Waals surface area contributed by atoms with Gasteiger partial charge in [-0.3, -0.25) is 4.79 Å². The predicted octanol–water partition coefficient (Wildman–Crippen LogP) is 4.21. The summed E-state index contributed by atoms with van der Waals surface area (Å²) in [6.45, 7) is 6.91. The van der Waals surface area contributed by atoms with Gasteiger partial charge in [0, 0.05) is 37.0 Å². The molecule has 5 rings (SSSR count). The first-order valence-electron chi connectivity index (χ1n) is 11.4. The number of hydrogen-bond donors (Lipinski definition) is 1. The van der Waals surface area contributed by atoms with Crippen LogP contribution in [0.5, 0.6) is 5.75 Å². The normalized spacial score (nSPS) is 17.5. The van der Waals surface area contributed by atoms with Crippen LogP contribution < -0.4 is 15.0 Å². The lowest BCUT2D eigenvalue weighted by Gasteiger charge is -2.38. The molecule has 7 nitrogen and oxygen atoms in total. The first-order chi connectivity index (χ1) is 16.0. The van der Waals surface area contributed by atoms with Crippen LogP contribution in [0, 0.1) is 13.8 Å². The zero-order valence-electron chi connectivity index (χ0n) is 19.1. The van der Waals surface area contributed by atoms with E-state index < -0.39 is 5.79 Å². The van der Waals surface area contributed by atoms with Gasteiger partial charge in [0.1, 0.15) is 17.1 Å². The van der Waals surface area contributed by atoms with Gasteiger partial charge in [-0.15, -0.1) is 0 Å². The molecule has 1 N–H and O–H groups in total. The van der Waals surface area contributed by atoms with E-state index in [1.165, 1.54) is 0 Å². The molecule has 0 radical (unpaired) electrons. The number of fused-ring (bicyclic) bond motifs is 1. The number of ether oxygens (including phenoxy) is 3. The average molecular weight is 448 g/mol. The molecule has 7 heteroatoms. The Morgan fingerprint density at radius 2 is 1.88 bits per heavy atom. The molecule has 1 spiro atoms. The maximum Gasteiger partial charge on any atom is 0.262 e. The van der Waals surface area contributed by atoms with Crippen molar-refractivity contribution in [1.29, 1.82) is 0 Å². The molecule has 33 heavy (non-hydrogen) atoms. The highest BCUT2D eigenvalue weighted by molar-refractivity contribution is 5.93. The Bertz CT molecular complexity index is 1160. The minimum atomic E-state index is -0.412. The highest BCUT2D eigenvalue weighted by atomic mass is 16.7. The van der Waals surface area contributed by atoms with Crippen LogP contribution in [0.25, 0.3) is 10.9 Å². The summed E-state index contributed by atoms with van der Waals surface area (Å²) in [6, 6.07) is 15.8. The van der Waals surface area contributed by atoms with Crippen molar-refractivity contribution in [2.75, 3.05) is 43.1 Å². The number of pyridine rings is 1. The van der Waals surface area contributed by atoms with Crippen LogP contribution >= 0.6 is 0 Å². The van der Waals surface area contributed by atoms with Crippen molar-refractivity contribution in [3.05, 3.63) is 59.7 Å². The molecule has 0 aliphatic carbocycles. The van der Waals surface area contributed by atoms with Crippen LogP contribution in [0.15, 0.2) is 48.5 Å². The fourth-order valence-electron chi connectivity index (χ4n) is 4.55. The SMILES string of the molecule is Cc1ccc(NC(=O)COc2cccc3ccc(N4CCC5(CC4)OCCO5)nc23)c(C)c1. The van der Waals surface area contributed by atoms with Gasteiger partial charge in [-0.25, -0.2) is 4.98 Å². The molecule has 2 aliphatic heterocycles. The number of aryl methyl sites for hydroxylation is 2. The number of anilines is 2. The number of rotatable bonds is 5. The molecule has 0 unspecified atom stereocenters. The maximum absolute atomic E-state index is 12.5. The molecule has 0 atom stereocenters. The van der Waals surface area contributed by atoms with Gasteiger partial charge in [-0.2, -0.15) is 0 Å². The van der Waals surface area contributed by atoms with Crippen molar-refractivity contribution in [1.82, 2.24) is 4.98 Å². The Balaban J connectivity index is 1.28. The van der Waals surface area contributed by atoms with Crippen molar-refractivity contribution in [3.8, 4) is 5.75 Å². The summed E-state index contributed by atoms with van der Waals surface area (Å²) >= 11 is 0. The molecule has 1 amide bonds. The number of amides is 1. The van der Waals surface area contributed by atoms with Gasteiger partial charge in [0.2, 0.25) is 0 Å². The minimum Gasteiger partial charge on any atom is -0.481 e. The molecule has 1 aromatic heterocycles. The summed E-state index contributed by atoms with van der Waals surface area (Å²) in [5, 5.41) is 3.90. The second kappa shape index (κ2) is 9.00. The average Bonchev–Trinajstić information content (AvgIpc) is 3.27. The predicted molar refractivity (Wildman–Crippen MR) is 128 cm³/mol. The number of carbonyl (C=O) groups is 1. The standard InChI is InChI=1S/C26H29N3O4/c1-18-6-8-21(19(2)16-18)27-24(30)17-31-22-5-3-4-20-7-9-23(28-25(20)22)29-12-10-26(11-13-29)32-14-15-33-26/h3-9,16H,10-15,17H2,1-2H3,(H,27,30). The highest BCUT2D eigenvalue weighted by Gasteiger charge is 2.40. The second-order valence-electron chi connectivity index (χ2n) is 8.75. The van der Waals surface area contributed by atoms with E-state index in [1.54, 1.807) is 0 Å². The molecule has 2 fully saturated rings. The third kappa shape index (κ3) is 4.65. The number of para-hydroxylation sites is 1. The van der Waals surface area contributed by atoms with E-state index in [0.717, 1.165) is 59.5 Å². The van der Waals surface area contributed by atoms with Gasteiger partial charge >= 0.3 is 0 Å². The first-order valence-corrected chi connectivity index (χ1v) is 11.4. The molecule has 172 valence electrons. The lowest BCUT2D eigenvalue weighted by Crippen LogP contribution is -2.45. The van der Waals surface area contributed by atoms with E-state index >= 15 is 0 Å². The number of piperidine rings is 1. The van der Waals surface area contributed by atoms with Crippen LogP contribution in [0.2, 0.25) is 0 Å². The minimum absolute atomic E-state index is 0.0841. The Morgan fingerprint density at radius 1 is 1.09 bits per heavy atom. The number of nitrogens with zero attached hydrogens (tertiary/aromatic N) is 2. The topological polar surface area (TPSA) is 72.9 Å². The second-order valence-corrected chi connectivity index (χ2v) is 8.75. The molecule has 0 saturated carbocycles. The van der Waals surface area contributed by atoms with Crippen LogP contribution in [0.1, 0.15) is 24.0 Å². The van der Waals surface area contributed by atoms with Crippen molar-refractivity contribution in [3.63, 3.8) is 0 Å². The number of hydrogen-bond acceptors (Lipinski definition) is 6. The Hall–Kier alpha value is -3.16. The zero-order chi connectivity index (χ0) is 22.8. The van der Waals surface area contributed by atoms with Gasteiger partial charge < -0.3 is 24.4 Å². The molecule has 2 aliphatic rings. The van der Waals surface area contributed by atoms with E-state index in [0.29, 0.717) is 19.0 Å². The molecule has 0 bridgehead atoms. The van der Waals surface area contributed by atoms with E-state index in [1.807, 2.05) is 62.4 Å². The monoisotopic (exact) mass is 447 g/mol. The van der Waals surface area contributed by atoms with Crippen LogP contribution in [0.3, 0.4) is 0 Å². The van der Waals surface area contributed by atoms with Gasteiger partial charge in [-0.1, -0.05) is 29.8 Å². The smallest absolute Gasteiger partial charge is 0.262 e. The molecule has 3 heterocycles. The Kier molecular flexibility index (Phi) is 5.91. The van der Waals surface area contributed by atoms with Gasteiger partial charge in [-0.05, 0) is 43.7 Å². The number of benzene rings is 2. The molecular formula is C26H29N3O4. The Labute approximate surface area is 193 Å². The van der Waals surface area contributed by atoms with Crippen LogP contribution in [-0.4, -0.2) is 49.6 Å². The lowest BCUT2D eigenvalue weighted by atomic mass is 10.0. The fraction of sp³-hybridized carbons (Fsp3) is 0.385. The summed E-state index contributed by atoms with van der Waals surface area (Å²) in [7, 11) is 0. The fourth-order valence-corrected chi connectivity index (χ4v) is 4.55. The summed E-state index contributed by atoms with van der Waals surface area (Å²) in [6.07, 6.45) is 1.65. The first kappa shape index (κ1) is 21.7. The quantitative estimate of drug-likeness (QED) is 0.632. The molecule has 2 aromatic carbocycles. The summed E-state index contributed by atoms with van der Waals surface area (Å²) < 4.78 is 17.6. The number of nitrogens with one attached hydrogen (secondary N) is 1. The van der Waals surface area contributed by atoms with Crippen molar-refractivity contribution in [2.45, 2.75) is 32.5 Å². The number of carbonyl (C=O) groups excluding carboxylic acids is 1. The summed E-state index contributed by atoms with van der Waals surface area (Å²) in [5.74, 6) is 0.880. The van der Waals surface area contributed by atoms with Crippen molar-refractivity contribution in [2.24, 2.45) is 0 Å². The largest absolute Gasteiger partial charge is 0.481 e. The van der Waals surface area contributed by atoms with E-state index in [4.69, 9.17) is 19.2 Å². The van der Waals surface area contributed by atoms with Crippen LogP contribution in [0.4, 0.5) is 11.5 Å². The van der Waals surface area contributed by atoms with Crippen molar-refractivity contribution >= 4 is 28.3 Å². The summed E-state index contributed by atoms with van der Waals surface area (Å²) in [5.41, 5.74) is 3.73. The van der Waals surface area contributed by atoms with E-state index in [-0.39, 0.29) is 12.5 Å². The third-order valence-electron chi connectivity index (χ3n) is 6.35. The molecule has 3 aromatic rings. The van der Waals surface area contributed by atoms with E-state index in [9.17, 15) is 4.79 Å². The highest BCUT2D eigenvalue weighted by Crippen LogP contribution is 2.34. The zero-order valence-corrected chi connectivity index (χ0v) is 19.1. The number of aromatic nitrogens is 1. The molecular weight excluding hydrogens is 418 g/mol. The van der Waals surface area contributed by atoms with Crippen molar-refractivity contribution < 1.29 is 19.0 Å².